The Labute approximate surface area is 106 Å². The zero-order chi connectivity index (χ0) is 11.9. The lowest BCUT2D eigenvalue weighted by Crippen LogP contribution is -1.76. The minimum Gasteiger partial charge on any atom is -0.127 e. The average molecular weight is 241 g/mol. The second-order valence-electron chi connectivity index (χ2n) is 3.85. The second kappa shape index (κ2) is 14.5. The van der Waals surface area contributed by atoms with Crippen molar-refractivity contribution in [3.8, 4) is 0 Å². The highest BCUT2D eigenvalue weighted by Gasteiger charge is 1.84. The lowest BCUT2D eigenvalue weighted by Gasteiger charge is -1.93. The van der Waals surface area contributed by atoms with E-state index < -0.39 is 0 Å². The lowest BCUT2D eigenvalue weighted by atomic mass is 10.2. The fourth-order valence-electron chi connectivity index (χ4n) is 1.35. The molecule has 0 saturated heterocycles. The SMILES string of the molecule is CC/C=C/C=C\CC/C=C\CCCCCCl. The molecule has 16 heavy (non-hydrogen) atoms. The minimum absolute atomic E-state index is 0.805. The molecule has 0 aliphatic carbocycles. The molecule has 0 saturated carbocycles. The maximum atomic E-state index is 5.60. The first kappa shape index (κ1) is 15.5. The number of allylic oxidation sites excluding steroid dienone is 6. The number of hydrogen-bond acceptors (Lipinski definition) is 0. The van der Waals surface area contributed by atoms with Crippen molar-refractivity contribution in [2.75, 3.05) is 5.88 Å². The molecule has 1 heteroatoms. The summed E-state index contributed by atoms with van der Waals surface area (Å²) in [4.78, 5) is 0. The van der Waals surface area contributed by atoms with E-state index in [1.165, 1.54) is 19.3 Å². The van der Waals surface area contributed by atoms with Gasteiger partial charge in [0.25, 0.3) is 0 Å². The topological polar surface area (TPSA) is 0 Å². The van der Waals surface area contributed by atoms with E-state index in [-0.39, 0.29) is 0 Å². The van der Waals surface area contributed by atoms with Crippen LogP contribution in [0.15, 0.2) is 36.5 Å². The maximum absolute atomic E-state index is 5.60. The molecule has 0 atom stereocenters. The van der Waals surface area contributed by atoms with Crippen molar-refractivity contribution in [2.24, 2.45) is 0 Å². The highest BCUT2D eigenvalue weighted by Crippen LogP contribution is 2.03. The van der Waals surface area contributed by atoms with Crippen molar-refractivity contribution >= 4 is 11.6 Å². The van der Waals surface area contributed by atoms with E-state index >= 15 is 0 Å². The fourth-order valence-corrected chi connectivity index (χ4v) is 1.54. The number of alkyl halides is 1. The molecule has 0 aromatic carbocycles. The Morgan fingerprint density at radius 2 is 1.44 bits per heavy atom. The van der Waals surface area contributed by atoms with Gasteiger partial charge in [0.2, 0.25) is 0 Å². The standard InChI is InChI=1S/C15H25Cl/c1-2-3-4-5-6-7-8-9-10-11-12-13-14-15-16/h3-6,9-10H,2,7-8,11-15H2,1H3/b4-3+,6-5-,10-9-. The summed E-state index contributed by atoms with van der Waals surface area (Å²) in [7, 11) is 0. The largest absolute Gasteiger partial charge is 0.127 e. The molecule has 0 amide bonds. The van der Waals surface area contributed by atoms with E-state index in [9.17, 15) is 0 Å². The monoisotopic (exact) mass is 240 g/mol. The van der Waals surface area contributed by atoms with E-state index in [2.05, 4.69) is 43.4 Å². The summed E-state index contributed by atoms with van der Waals surface area (Å²) in [5.74, 6) is 0.805. The predicted molar refractivity (Wildman–Crippen MR) is 76.1 cm³/mol. The number of hydrogen-bond donors (Lipinski definition) is 0. The summed E-state index contributed by atoms with van der Waals surface area (Å²) in [5, 5.41) is 0. The summed E-state index contributed by atoms with van der Waals surface area (Å²) >= 11 is 5.60. The maximum Gasteiger partial charge on any atom is 0.0223 e. The highest BCUT2D eigenvalue weighted by atomic mass is 35.5. The van der Waals surface area contributed by atoms with Crippen molar-refractivity contribution < 1.29 is 0 Å². The minimum atomic E-state index is 0.805. The predicted octanol–water partition coefficient (Wildman–Crippen LogP) is 5.64. The zero-order valence-electron chi connectivity index (χ0n) is 10.5. The second-order valence-corrected chi connectivity index (χ2v) is 4.23. The van der Waals surface area contributed by atoms with Crippen LogP contribution in [0.25, 0.3) is 0 Å². The van der Waals surface area contributed by atoms with Crippen LogP contribution in [0.3, 0.4) is 0 Å². The van der Waals surface area contributed by atoms with Gasteiger partial charge in [-0.15, -0.1) is 11.6 Å². The van der Waals surface area contributed by atoms with Crippen molar-refractivity contribution in [3.63, 3.8) is 0 Å². The molecule has 0 heterocycles. The Bertz CT molecular complexity index is 201. The molecule has 0 rings (SSSR count). The Morgan fingerprint density at radius 1 is 0.750 bits per heavy atom. The Balaban J connectivity index is 3.21. The van der Waals surface area contributed by atoms with Crippen LogP contribution >= 0.6 is 11.6 Å². The van der Waals surface area contributed by atoms with Crippen LogP contribution < -0.4 is 0 Å². The Kier molecular flexibility index (Phi) is 14.1. The van der Waals surface area contributed by atoms with Crippen molar-refractivity contribution in [1.82, 2.24) is 0 Å². The average Bonchev–Trinajstić information content (AvgIpc) is 2.31. The van der Waals surface area contributed by atoms with Gasteiger partial charge in [0.15, 0.2) is 0 Å². The van der Waals surface area contributed by atoms with Gasteiger partial charge >= 0.3 is 0 Å². The highest BCUT2D eigenvalue weighted by molar-refractivity contribution is 6.17. The summed E-state index contributed by atoms with van der Waals surface area (Å²) < 4.78 is 0. The van der Waals surface area contributed by atoms with E-state index in [4.69, 9.17) is 11.6 Å². The first-order chi connectivity index (χ1) is 7.91. The summed E-state index contributed by atoms with van der Waals surface area (Å²) in [6.07, 6.45) is 21.6. The van der Waals surface area contributed by atoms with Crippen LogP contribution in [0.1, 0.15) is 51.9 Å². The van der Waals surface area contributed by atoms with Gasteiger partial charge in [-0.25, -0.2) is 0 Å². The molecule has 0 N–H and O–H groups in total. The molecule has 0 radical (unpaired) electrons. The van der Waals surface area contributed by atoms with Crippen LogP contribution in [0.2, 0.25) is 0 Å². The molecule has 0 fully saturated rings. The van der Waals surface area contributed by atoms with Gasteiger partial charge in [0, 0.05) is 5.88 Å². The molecule has 0 aliphatic rings. The van der Waals surface area contributed by atoms with Crippen LogP contribution in [0.5, 0.6) is 0 Å². The van der Waals surface area contributed by atoms with Gasteiger partial charge in [-0.2, -0.15) is 0 Å². The van der Waals surface area contributed by atoms with E-state index in [0.717, 1.165) is 31.6 Å². The van der Waals surface area contributed by atoms with Crippen LogP contribution in [0, 0.1) is 0 Å². The normalized spacial score (nSPS) is 12.4. The summed E-state index contributed by atoms with van der Waals surface area (Å²) in [5.41, 5.74) is 0. The molecule has 0 unspecified atom stereocenters. The third kappa shape index (κ3) is 13.5. The fraction of sp³-hybridized carbons (Fsp3) is 0.600. The van der Waals surface area contributed by atoms with E-state index in [0.29, 0.717) is 0 Å². The number of halogens is 1. The quantitative estimate of drug-likeness (QED) is 0.201. The molecule has 0 bridgehead atoms. The first-order valence-corrected chi connectivity index (χ1v) is 6.98. The van der Waals surface area contributed by atoms with E-state index in [1.54, 1.807) is 0 Å². The lowest BCUT2D eigenvalue weighted by molar-refractivity contribution is 0.731. The van der Waals surface area contributed by atoms with Gasteiger partial charge in [0.05, 0.1) is 0 Å². The zero-order valence-corrected chi connectivity index (χ0v) is 11.3. The van der Waals surface area contributed by atoms with Gasteiger partial charge in [0.1, 0.15) is 0 Å². The van der Waals surface area contributed by atoms with Gasteiger partial charge < -0.3 is 0 Å². The molecule has 0 aromatic rings. The van der Waals surface area contributed by atoms with E-state index in [1.807, 2.05) is 0 Å². The van der Waals surface area contributed by atoms with Crippen LogP contribution in [-0.4, -0.2) is 5.88 Å². The summed E-state index contributed by atoms with van der Waals surface area (Å²) in [6.45, 7) is 2.15. The van der Waals surface area contributed by atoms with Crippen LogP contribution in [-0.2, 0) is 0 Å². The molecule has 0 nitrogen and oxygen atoms in total. The smallest absolute Gasteiger partial charge is 0.0223 e. The van der Waals surface area contributed by atoms with Gasteiger partial charge in [-0.3, -0.25) is 0 Å². The van der Waals surface area contributed by atoms with Crippen molar-refractivity contribution in [1.29, 1.82) is 0 Å². The Hall–Kier alpha value is -0.490. The van der Waals surface area contributed by atoms with Gasteiger partial charge in [-0.1, -0.05) is 49.8 Å². The Morgan fingerprint density at radius 3 is 2.19 bits per heavy atom. The van der Waals surface area contributed by atoms with Crippen molar-refractivity contribution in [3.05, 3.63) is 36.5 Å². The molecular formula is C15H25Cl. The molecule has 92 valence electrons. The summed E-state index contributed by atoms with van der Waals surface area (Å²) in [6, 6.07) is 0. The first-order valence-electron chi connectivity index (χ1n) is 6.44. The third-order valence-corrected chi connectivity index (χ3v) is 2.56. The molecule has 0 aliphatic heterocycles. The van der Waals surface area contributed by atoms with Crippen LogP contribution in [0.4, 0.5) is 0 Å². The third-order valence-electron chi connectivity index (χ3n) is 2.29. The molecule has 0 spiro atoms. The number of rotatable bonds is 10. The number of unbranched alkanes of at least 4 members (excludes halogenated alkanes) is 4. The molecule has 0 aromatic heterocycles. The molecular weight excluding hydrogens is 216 g/mol. The van der Waals surface area contributed by atoms with Gasteiger partial charge in [-0.05, 0) is 38.5 Å². The van der Waals surface area contributed by atoms with Crippen molar-refractivity contribution in [2.45, 2.75) is 51.9 Å².